The molecule has 0 saturated carbocycles. The number of nitrogens with zero attached hydrogens (tertiary/aromatic N) is 4. The molecule has 0 bridgehead atoms. The second-order valence-electron chi connectivity index (χ2n) is 6.84. The molecule has 148 valence electrons. The summed E-state index contributed by atoms with van der Waals surface area (Å²) in [5, 5.41) is 12.1. The Kier molecular flexibility index (Phi) is 5.26. The van der Waals surface area contributed by atoms with Crippen LogP contribution in [0.4, 0.5) is 5.69 Å². The number of thiazole rings is 1. The molecule has 1 N–H and O–H groups in total. The SMILES string of the molecule is Cc1noc(C)c1Cn1cc(NC(=O)Cc2nc(-c3ccccc3)sc2C)cn1. The largest absolute Gasteiger partial charge is 0.361 e. The zero-order valence-corrected chi connectivity index (χ0v) is 17.3. The van der Waals surface area contributed by atoms with Crippen molar-refractivity contribution in [3.05, 3.63) is 70.3 Å². The molecule has 1 amide bonds. The van der Waals surface area contributed by atoms with Crippen molar-refractivity contribution >= 4 is 22.9 Å². The molecule has 3 aromatic heterocycles. The number of hydrogen-bond acceptors (Lipinski definition) is 6. The van der Waals surface area contributed by atoms with Gasteiger partial charge < -0.3 is 9.84 Å². The molecule has 0 aliphatic rings. The second kappa shape index (κ2) is 8.00. The summed E-state index contributed by atoms with van der Waals surface area (Å²) in [6.45, 7) is 6.32. The molecule has 0 aliphatic heterocycles. The average Bonchev–Trinajstić information content (AvgIpc) is 3.39. The smallest absolute Gasteiger partial charge is 0.230 e. The van der Waals surface area contributed by atoms with Crippen molar-refractivity contribution in [2.24, 2.45) is 0 Å². The van der Waals surface area contributed by atoms with E-state index in [1.165, 1.54) is 0 Å². The van der Waals surface area contributed by atoms with Crippen LogP contribution in [-0.4, -0.2) is 25.8 Å². The van der Waals surface area contributed by atoms with E-state index in [0.29, 0.717) is 12.2 Å². The van der Waals surface area contributed by atoms with Crippen molar-refractivity contribution in [3.8, 4) is 10.6 Å². The van der Waals surface area contributed by atoms with Gasteiger partial charge in [-0.3, -0.25) is 9.48 Å². The van der Waals surface area contributed by atoms with Crippen molar-refractivity contribution in [1.82, 2.24) is 19.9 Å². The van der Waals surface area contributed by atoms with Gasteiger partial charge in [-0.15, -0.1) is 11.3 Å². The fourth-order valence-corrected chi connectivity index (χ4v) is 3.99. The summed E-state index contributed by atoms with van der Waals surface area (Å²) in [5.74, 6) is 0.659. The van der Waals surface area contributed by atoms with Gasteiger partial charge in [0.25, 0.3) is 0 Å². The van der Waals surface area contributed by atoms with E-state index in [4.69, 9.17) is 4.52 Å². The van der Waals surface area contributed by atoms with Crippen LogP contribution in [0.5, 0.6) is 0 Å². The lowest BCUT2D eigenvalue weighted by Gasteiger charge is -2.02. The highest BCUT2D eigenvalue weighted by atomic mass is 32.1. The van der Waals surface area contributed by atoms with E-state index in [1.807, 2.05) is 51.1 Å². The lowest BCUT2D eigenvalue weighted by atomic mass is 10.2. The molecule has 0 saturated heterocycles. The first kappa shape index (κ1) is 19.1. The number of anilines is 1. The van der Waals surface area contributed by atoms with Crippen LogP contribution in [0.3, 0.4) is 0 Å². The van der Waals surface area contributed by atoms with Crippen LogP contribution in [0.15, 0.2) is 47.2 Å². The van der Waals surface area contributed by atoms with Crippen LogP contribution in [0.1, 0.15) is 27.6 Å². The summed E-state index contributed by atoms with van der Waals surface area (Å²) < 4.78 is 6.94. The normalized spacial score (nSPS) is 11.0. The van der Waals surface area contributed by atoms with Gasteiger partial charge in [0, 0.05) is 22.2 Å². The first-order valence-electron chi connectivity index (χ1n) is 9.25. The minimum absolute atomic E-state index is 0.116. The first-order valence-corrected chi connectivity index (χ1v) is 10.1. The van der Waals surface area contributed by atoms with Gasteiger partial charge in [0.2, 0.25) is 5.91 Å². The Morgan fingerprint density at radius 2 is 2.00 bits per heavy atom. The number of carbonyl (C=O) groups is 1. The van der Waals surface area contributed by atoms with Gasteiger partial charge >= 0.3 is 0 Å². The maximum atomic E-state index is 12.5. The van der Waals surface area contributed by atoms with Crippen LogP contribution < -0.4 is 5.32 Å². The molecule has 0 atom stereocenters. The Labute approximate surface area is 172 Å². The van der Waals surface area contributed by atoms with E-state index >= 15 is 0 Å². The van der Waals surface area contributed by atoms with Gasteiger partial charge in [0.15, 0.2) is 0 Å². The van der Waals surface area contributed by atoms with Gasteiger partial charge in [-0.1, -0.05) is 35.5 Å². The van der Waals surface area contributed by atoms with E-state index in [9.17, 15) is 4.79 Å². The first-order chi connectivity index (χ1) is 14.0. The number of aromatic nitrogens is 4. The number of amides is 1. The predicted octanol–water partition coefficient (Wildman–Crippen LogP) is 4.15. The van der Waals surface area contributed by atoms with Crippen LogP contribution in [0.25, 0.3) is 10.6 Å². The molecule has 4 rings (SSSR count). The molecule has 1 aromatic carbocycles. The molecule has 8 heteroatoms. The number of rotatable bonds is 6. The summed E-state index contributed by atoms with van der Waals surface area (Å²) in [6.07, 6.45) is 3.66. The van der Waals surface area contributed by atoms with Crippen LogP contribution in [0, 0.1) is 20.8 Å². The standard InChI is InChI=1S/C21H21N5O2S/c1-13-18(14(2)28-25-13)12-26-11-17(10-22-26)23-20(27)9-19-15(3)29-21(24-19)16-7-5-4-6-8-16/h4-8,10-11H,9,12H2,1-3H3,(H,23,27). The molecule has 4 aromatic rings. The maximum Gasteiger partial charge on any atom is 0.230 e. The van der Waals surface area contributed by atoms with Crippen molar-refractivity contribution < 1.29 is 9.32 Å². The molecule has 0 aliphatic carbocycles. The predicted molar refractivity (Wildman–Crippen MR) is 112 cm³/mol. The maximum absolute atomic E-state index is 12.5. The van der Waals surface area contributed by atoms with E-state index in [2.05, 4.69) is 20.6 Å². The van der Waals surface area contributed by atoms with Crippen molar-refractivity contribution in [2.75, 3.05) is 5.32 Å². The minimum Gasteiger partial charge on any atom is -0.361 e. The summed E-state index contributed by atoms with van der Waals surface area (Å²) in [7, 11) is 0. The lowest BCUT2D eigenvalue weighted by Crippen LogP contribution is -2.14. The number of aryl methyl sites for hydroxylation is 3. The van der Waals surface area contributed by atoms with Crippen LogP contribution >= 0.6 is 11.3 Å². The third-order valence-electron chi connectivity index (χ3n) is 4.66. The van der Waals surface area contributed by atoms with Gasteiger partial charge in [0.1, 0.15) is 10.8 Å². The third kappa shape index (κ3) is 4.27. The van der Waals surface area contributed by atoms with Crippen molar-refractivity contribution in [2.45, 2.75) is 33.7 Å². The second-order valence-corrected chi connectivity index (χ2v) is 8.05. The van der Waals surface area contributed by atoms with Gasteiger partial charge in [-0.25, -0.2) is 4.98 Å². The fourth-order valence-electron chi connectivity index (χ4n) is 3.06. The van der Waals surface area contributed by atoms with Crippen molar-refractivity contribution in [3.63, 3.8) is 0 Å². The Bertz CT molecular complexity index is 1120. The Balaban J connectivity index is 1.41. The number of carbonyl (C=O) groups excluding carboxylic acids is 1. The monoisotopic (exact) mass is 407 g/mol. The number of hydrogen-bond donors (Lipinski definition) is 1. The molecular formula is C21H21N5O2S. The zero-order valence-electron chi connectivity index (χ0n) is 16.5. The van der Waals surface area contributed by atoms with E-state index in [-0.39, 0.29) is 12.3 Å². The fraction of sp³-hybridized carbons (Fsp3) is 0.238. The molecule has 29 heavy (non-hydrogen) atoms. The highest BCUT2D eigenvalue weighted by Crippen LogP contribution is 2.27. The summed E-state index contributed by atoms with van der Waals surface area (Å²) in [5.41, 5.74) is 4.36. The molecule has 0 fully saturated rings. The lowest BCUT2D eigenvalue weighted by molar-refractivity contribution is -0.115. The van der Waals surface area contributed by atoms with E-state index < -0.39 is 0 Å². The Hall–Kier alpha value is -3.26. The Morgan fingerprint density at radius 1 is 1.21 bits per heavy atom. The summed E-state index contributed by atoms with van der Waals surface area (Å²) in [6, 6.07) is 9.99. The molecule has 0 unspecified atom stereocenters. The molecular weight excluding hydrogens is 386 g/mol. The van der Waals surface area contributed by atoms with Crippen molar-refractivity contribution in [1.29, 1.82) is 0 Å². The molecule has 0 spiro atoms. The van der Waals surface area contributed by atoms with Gasteiger partial charge in [0.05, 0.1) is 36.2 Å². The number of nitrogens with one attached hydrogen (secondary N) is 1. The molecule has 0 radical (unpaired) electrons. The number of benzene rings is 1. The van der Waals surface area contributed by atoms with E-state index in [1.54, 1.807) is 28.4 Å². The quantitative estimate of drug-likeness (QED) is 0.519. The molecule has 7 nitrogen and oxygen atoms in total. The molecule has 3 heterocycles. The van der Waals surface area contributed by atoms with E-state index in [0.717, 1.165) is 38.2 Å². The Morgan fingerprint density at radius 3 is 2.72 bits per heavy atom. The van der Waals surface area contributed by atoms with Gasteiger partial charge in [-0.2, -0.15) is 5.10 Å². The third-order valence-corrected chi connectivity index (χ3v) is 5.72. The summed E-state index contributed by atoms with van der Waals surface area (Å²) >= 11 is 1.60. The average molecular weight is 407 g/mol. The van der Waals surface area contributed by atoms with Crippen LogP contribution in [0.2, 0.25) is 0 Å². The topological polar surface area (TPSA) is 85.8 Å². The summed E-state index contributed by atoms with van der Waals surface area (Å²) in [4.78, 5) is 18.2. The van der Waals surface area contributed by atoms with Gasteiger partial charge in [-0.05, 0) is 20.8 Å². The van der Waals surface area contributed by atoms with Crippen LogP contribution in [-0.2, 0) is 17.8 Å². The highest BCUT2D eigenvalue weighted by molar-refractivity contribution is 7.15. The highest BCUT2D eigenvalue weighted by Gasteiger charge is 2.15. The minimum atomic E-state index is -0.116. The zero-order chi connectivity index (χ0) is 20.4.